The fourth-order valence-corrected chi connectivity index (χ4v) is 4.00. The minimum absolute atomic E-state index is 0.0808. The van der Waals surface area contributed by atoms with Crippen LogP contribution in [0.15, 0.2) is 24.3 Å². The number of ether oxygens (including phenoxy) is 1. The van der Waals surface area contributed by atoms with Gasteiger partial charge in [-0.2, -0.15) is 12.6 Å². The van der Waals surface area contributed by atoms with Gasteiger partial charge in [-0.1, -0.05) is 50.1 Å². The number of carbonyl (C=O) groups is 3. The van der Waals surface area contributed by atoms with Crippen LogP contribution < -0.4 is 10.6 Å². The highest BCUT2D eigenvalue weighted by Gasteiger charge is 2.48. The molecular formula is C25H39N3O4S. The molecule has 33 heavy (non-hydrogen) atoms. The number of benzene rings is 1. The molecule has 0 bridgehead atoms. The molecule has 0 radical (unpaired) electrons. The van der Waals surface area contributed by atoms with Gasteiger partial charge in [0.15, 0.2) is 0 Å². The molecule has 1 saturated carbocycles. The van der Waals surface area contributed by atoms with E-state index in [1.54, 1.807) is 25.7 Å². The first-order valence-electron chi connectivity index (χ1n) is 11.7. The number of carbonyl (C=O) groups excluding carboxylic acids is 3. The van der Waals surface area contributed by atoms with E-state index in [1.807, 2.05) is 31.2 Å². The lowest BCUT2D eigenvalue weighted by Gasteiger charge is -2.35. The first-order chi connectivity index (χ1) is 15.5. The molecule has 1 aliphatic rings. The van der Waals surface area contributed by atoms with E-state index in [2.05, 4.69) is 37.1 Å². The van der Waals surface area contributed by atoms with Gasteiger partial charge in [-0.15, -0.1) is 0 Å². The van der Waals surface area contributed by atoms with Crippen molar-refractivity contribution in [2.45, 2.75) is 84.5 Å². The largest absolute Gasteiger partial charge is 0.444 e. The molecule has 0 aromatic heterocycles. The van der Waals surface area contributed by atoms with Crippen LogP contribution in [0.4, 0.5) is 4.79 Å². The Balaban J connectivity index is 2.38. The highest BCUT2D eigenvalue weighted by Crippen LogP contribution is 2.40. The lowest BCUT2D eigenvalue weighted by molar-refractivity contribution is -0.143. The van der Waals surface area contributed by atoms with Gasteiger partial charge < -0.3 is 20.3 Å². The Morgan fingerprint density at radius 2 is 1.94 bits per heavy atom. The molecule has 1 aliphatic carbocycles. The van der Waals surface area contributed by atoms with Crippen LogP contribution in [-0.2, 0) is 14.3 Å². The van der Waals surface area contributed by atoms with Gasteiger partial charge in [-0.3, -0.25) is 9.59 Å². The normalized spacial score (nSPS) is 19.2. The third kappa shape index (κ3) is 7.95. The predicted octanol–water partition coefficient (Wildman–Crippen LogP) is 4.01. The van der Waals surface area contributed by atoms with Crippen LogP contribution >= 0.6 is 12.6 Å². The second-order valence-corrected chi connectivity index (χ2v) is 10.2. The van der Waals surface area contributed by atoms with Crippen LogP contribution in [0.25, 0.3) is 0 Å². The lowest BCUT2D eigenvalue weighted by Crippen LogP contribution is -2.54. The topological polar surface area (TPSA) is 87.7 Å². The molecule has 1 aromatic rings. The summed E-state index contributed by atoms with van der Waals surface area (Å²) in [5, 5.41) is 5.65. The van der Waals surface area contributed by atoms with Crippen molar-refractivity contribution in [3.8, 4) is 0 Å². The van der Waals surface area contributed by atoms with Crippen molar-refractivity contribution in [3.63, 3.8) is 0 Å². The maximum atomic E-state index is 13.8. The van der Waals surface area contributed by atoms with Gasteiger partial charge in [0.1, 0.15) is 17.7 Å². The number of nitrogens with zero attached hydrogens (tertiary/aromatic N) is 1. The Hall–Kier alpha value is -2.22. The molecule has 8 heteroatoms. The molecule has 0 aliphatic heterocycles. The van der Waals surface area contributed by atoms with E-state index in [1.165, 1.54) is 0 Å². The molecule has 7 nitrogen and oxygen atoms in total. The Kier molecular flexibility index (Phi) is 9.64. The van der Waals surface area contributed by atoms with E-state index in [9.17, 15) is 14.4 Å². The van der Waals surface area contributed by atoms with E-state index < -0.39 is 23.8 Å². The molecule has 2 rings (SSSR count). The minimum Gasteiger partial charge on any atom is -0.444 e. The van der Waals surface area contributed by atoms with Crippen molar-refractivity contribution < 1.29 is 19.1 Å². The summed E-state index contributed by atoms with van der Waals surface area (Å²) in [6.07, 6.45) is 1.94. The Labute approximate surface area is 203 Å². The van der Waals surface area contributed by atoms with E-state index in [0.717, 1.165) is 30.4 Å². The van der Waals surface area contributed by atoms with Crippen molar-refractivity contribution in [1.29, 1.82) is 0 Å². The lowest BCUT2D eigenvalue weighted by atomic mass is 10.0. The fourth-order valence-electron chi connectivity index (χ4n) is 3.75. The monoisotopic (exact) mass is 477 g/mol. The molecule has 2 N–H and O–H groups in total. The molecule has 4 unspecified atom stereocenters. The van der Waals surface area contributed by atoms with Gasteiger partial charge in [0.05, 0.1) is 0 Å². The summed E-state index contributed by atoms with van der Waals surface area (Å²) in [6.45, 7) is 11.9. The Morgan fingerprint density at radius 1 is 1.27 bits per heavy atom. The van der Waals surface area contributed by atoms with Crippen molar-refractivity contribution in [2.75, 3.05) is 12.3 Å². The number of aryl methyl sites for hydroxylation is 1. The third-order valence-corrected chi connectivity index (χ3v) is 5.93. The van der Waals surface area contributed by atoms with Crippen molar-refractivity contribution >= 4 is 30.5 Å². The van der Waals surface area contributed by atoms with Crippen LogP contribution in [0, 0.1) is 12.8 Å². The number of amides is 3. The zero-order chi connectivity index (χ0) is 24.8. The summed E-state index contributed by atoms with van der Waals surface area (Å²) in [5.41, 5.74) is 1.07. The quantitative estimate of drug-likeness (QED) is 0.351. The molecule has 0 spiro atoms. The average Bonchev–Trinajstić information content (AvgIpc) is 3.44. The standard InChI is InChI=1S/C25H39N3O4S/c1-7-8-12-26-22(29)21(18-11-9-10-16(2)13-18)28(20-14-17(20)3)23(30)19(15-33)27-24(31)32-25(4,5)6/h9-11,13,17,19-21,33H,7-8,12,14-15H2,1-6H3,(H,26,29)(H,27,31). The maximum Gasteiger partial charge on any atom is 0.408 e. The van der Waals surface area contributed by atoms with Crippen LogP contribution in [-0.4, -0.2) is 52.8 Å². The van der Waals surface area contributed by atoms with E-state index in [0.29, 0.717) is 6.54 Å². The SMILES string of the molecule is CCCCNC(=O)C(c1cccc(C)c1)N(C(=O)C(CS)NC(=O)OC(C)(C)C)C1CC1C. The Bertz CT molecular complexity index is 839. The predicted molar refractivity (Wildman–Crippen MR) is 133 cm³/mol. The third-order valence-electron chi connectivity index (χ3n) is 5.56. The van der Waals surface area contributed by atoms with Gasteiger partial charge in [0.25, 0.3) is 0 Å². The van der Waals surface area contributed by atoms with Gasteiger partial charge >= 0.3 is 6.09 Å². The first kappa shape index (κ1) is 27.0. The van der Waals surface area contributed by atoms with Gasteiger partial charge in [-0.05, 0) is 52.0 Å². The number of thiol groups is 1. The second-order valence-electron chi connectivity index (χ2n) is 9.87. The van der Waals surface area contributed by atoms with E-state index in [-0.39, 0.29) is 29.5 Å². The first-order valence-corrected chi connectivity index (χ1v) is 12.4. The number of nitrogens with one attached hydrogen (secondary N) is 2. The van der Waals surface area contributed by atoms with E-state index in [4.69, 9.17) is 4.74 Å². The summed E-state index contributed by atoms with van der Waals surface area (Å²) in [6, 6.07) is 5.89. The fraction of sp³-hybridized carbons (Fsp3) is 0.640. The van der Waals surface area contributed by atoms with Crippen LogP contribution in [0.5, 0.6) is 0 Å². The van der Waals surface area contributed by atoms with Crippen LogP contribution in [0.1, 0.15) is 71.0 Å². The smallest absolute Gasteiger partial charge is 0.408 e. The van der Waals surface area contributed by atoms with Crippen LogP contribution in [0.3, 0.4) is 0 Å². The molecule has 1 fully saturated rings. The average molecular weight is 478 g/mol. The molecular weight excluding hydrogens is 438 g/mol. The number of alkyl carbamates (subject to hydrolysis) is 1. The molecule has 184 valence electrons. The van der Waals surface area contributed by atoms with Crippen LogP contribution in [0.2, 0.25) is 0 Å². The molecule has 0 saturated heterocycles. The van der Waals surface area contributed by atoms with Crippen molar-refractivity contribution in [3.05, 3.63) is 35.4 Å². The van der Waals surface area contributed by atoms with Crippen molar-refractivity contribution in [1.82, 2.24) is 15.5 Å². The highest BCUT2D eigenvalue weighted by molar-refractivity contribution is 7.80. The van der Waals surface area contributed by atoms with Gasteiger partial charge in [0.2, 0.25) is 11.8 Å². The number of unbranched alkanes of at least 4 members (excludes halogenated alkanes) is 1. The van der Waals surface area contributed by atoms with E-state index >= 15 is 0 Å². The van der Waals surface area contributed by atoms with Crippen molar-refractivity contribution in [2.24, 2.45) is 5.92 Å². The summed E-state index contributed by atoms with van der Waals surface area (Å²) in [5.74, 6) is -0.181. The Morgan fingerprint density at radius 3 is 2.45 bits per heavy atom. The summed E-state index contributed by atoms with van der Waals surface area (Å²) in [7, 11) is 0. The zero-order valence-electron chi connectivity index (χ0n) is 20.7. The zero-order valence-corrected chi connectivity index (χ0v) is 21.6. The van der Waals surface area contributed by atoms with Gasteiger partial charge in [0, 0.05) is 18.3 Å². The minimum atomic E-state index is -0.910. The number of hydrogen-bond donors (Lipinski definition) is 3. The molecule has 0 heterocycles. The second kappa shape index (κ2) is 11.8. The summed E-state index contributed by atoms with van der Waals surface area (Å²) < 4.78 is 5.34. The number of rotatable bonds is 10. The summed E-state index contributed by atoms with van der Waals surface area (Å²) >= 11 is 4.32. The maximum absolute atomic E-state index is 13.8. The summed E-state index contributed by atoms with van der Waals surface area (Å²) in [4.78, 5) is 41.2. The molecule has 1 aromatic carbocycles. The molecule has 3 amide bonds. The number of hydrogen-bond acceptors (Lipinski definition) is 5. The molecule has 4 atom stereocenters. The van der Waals surface area contributed by atoms with Gasteiger partial charge in [-0.25, -0.2) is 4.79 Å². The highest BCUT2D eigenvalue weighted by atomic mass is 32.1.